The van der Waals surface area contributed by atoms with E-state index in [9.17, 15) is 24.4 Å². The number of hydrogen-bond donors (Lipinski definition) is 0. The predicted octanol–water partition coefficient (Wildman–Crippen LogP) is 7.86. The summed E-state index contributed by atoms with van der Waals surface area (Å²) in [6.45, 7) is 17.4. The number of esters is 3. The number of carbonyl (C=O) groups excluding carboxylic acids is 4. The highest BCUT2D eigenvalue weighted by Gasteiger charge is 2.16. The quantitative estimate of drug-likeness (QED) is 0.0213. The first-order valence-electron chi connectivity index (χ1n) is 16.5. The van der Waals surface area contributed by atoms with Crippen molar-refractivity contribution in [3.05, 3.63) is 131 Å². The molecule has 0 aromatic heterocycles. The molecule has 0 saturated carbocycles. The van der Waals surface area contributed by atoms with Gasteiger partial charge in [0.15, 0.2) is 0 Å². The lowest BCUT2D eigenvalue weighted by Gasteiger charge is -2.09. The molecular weight excluding hydrogens is 697 g/mol. The van der Waals surface area contributed by atoms with E-state index in [1.807, 2.05) is 6.07 Å². The third kappa shape index (κ3) is 14.8. The van der Waals surface area contributed by atoms with Gasteiger partial charge < -0.3 is 23.7 Å². The number of carbonyl (C=O) groups is 4. The first-order chi connectivity index (χ1) is 25.6. The highest BCUT2D eigenvalue weighted by atomic mass is 32.2. The Bertz CT molecular complexity index is 1920. The second kappa shape index (κ2) is 22.4. The molecule has 3 aromatic carbocycles. The van der Waals surface area contributed by atoms with Crippen LogP contribution in [0.5, 0.6) is 17.2 Å². The van der Waals surface area contributed by atoms with Crippen LogP contribution in [0.1, 0.15) is 42.4 Å². The van der Waals surface area contributed by atoms with Crippen molar-refractivity contribution in [3.8, 4) is 23.3 Å². The maximum atomic E-state index is 13.0. The minimum absolute atomic E-state index is 0.0696. The molecule has 272 valence electrons. The highest BCUT2D eigenvalue weighted by Crippen LogP contribution is 2.30. The number of benzene rings is 3. The molecular formula is C41H38N2O9S. The summed E-state index contributed by atoms with van der Waals surface area (Å²) in [5.74, 6) is -0.348. The van der Waals surface area contributed by atoms with E-state index in [0.717, 1.165) is 23.9 Å². The van der Waals surface area contributed by atoms with Crippen molar-refractivity contribution in [2.24, 2.45) is 0 Å². The van der Waals surface area contributed by atoms with Gasteiger partial charge in [-0.15, -0.1) is 0 Å². The van der Waals surface area contributed by atoms with Gasteiger partial charge in [-0.2, -0.15) is 5.26 Å². The zero-order chi connectivity index (χ0) is 38.4. The van der Waals surface area contributed by atoms with E-state index in [0.29, 0.717) is 78.6 Å². The average molecular weight is 735 g/mol. The first-order valence-corrected chi connectivity index (χ1v) is 17.3. The molecule has 0 N–H and O–H groups in total. The maximum Gasteiger partial charge on any atom is 0.354 e. The number of rotatable bonds is 20. The summed E-state index contributed by atoms with van der Waals surface area (Å²) < 4.78 is 26.7. The van der Waals surface area contributed by atoms with Gasteiger partial charge in [-0.05, 0) is 104 Å². The smallest absolute Gasteiger partial charge is 0.354 e. The van der Waals surface area contributed by atoms with Gasteiger partial charge in [0.25, 0.3) is 0 Å². The summed E-state index contributed by atoms with van der Waals surface area (Å²) in [5, 5.41) is 9.17. The van der Waals surface area contributed by atoms with Crippen LogP contribution >= 0.6 is 11.8 Å². The first kappa shape index (κ1) is 41.1. The molecule has 3 aromatic rings. The highest BCUT2D eigenvalue weighted by molar-refractivity contribution is 8.14. The van der Waals surface area contributed by atoms with Crippen molar-refractivity contribution in [1.82, 2.24) is 0 Å². The lowest BCUT2D eigenvalue weighted by molar-refractivity contribution is -0.138. The van der Waals surface area contributed by atoms with Gasteiger partial charge in [0, 0.05) is 17.0 Å². The molecule has 0 saturated heterocycles. The molecule has 3 rings (SSSR count). The second-order valence-electron chi connectivity index (χ2n) is 11.0. The zero-order valence-corrected chi connectivity index (χ0v) is 30.0. The van der Waals surface area contributed by atoms with Crippen LogP contribution in [0.15, 0.2) is 108 Å². The Kier molecular flexibility index (Phi) is 17.4. The molecule has 12 heteroatoms. The van der Waals surface area contributed by atoms with Gasteiger partial charge in [0.2, 0.25) is 10.8 Å². The van der Waals surface area contributed by atoms with E-state index >= 15 is 0 Å². The van der Waals surface area contributed by atoms with Crippen LogP contribution < -0.4 is 14.2 Å². The number of thioether (sulfide) groups is 1. The van der Waals surface area contributed by atoms with Crippen LogP contribution in [0.25, 0.3) is 17.0 Å². The normalized spacial score (nSPS) is 10.9. The Hall–Kier alpha value is -6.37. The van der Waals surface area contributed by atoms with Crippen molar-refractivity contribution in [2.45, 2.75) is 37.5 Å². The monoisotopic (exact) mass is 734 g/mol. The Morgan fingerprint density at radius 1 is 0.755 bits per heavy atom. The molecule has 0 fully saturated rings. The van der Waals surface area contributed by atoms with Crippen molar-refractivity contribution in [2.75, 3.05) is 26.4 Å². The number of nitrogens with zero attached hydrogens (tertiary/aromatic N) is 2. The average Bonchev–Trinajstić information content (AvgIpc) is 3.17. The maximum absolute atomic E-state index is 13.0. The molecule has 53 heavy (non-hydrogen) atoms. The molecule has 0 aliphatic carbocycles. The molecule has 0 bridgehead atoms. The van der Waals surface area contributed by atoms with Crippen molar-refractivity contribution < 1.29 is 42.9 Å². The van der Waals surface area contributed by atoms with E-state index in [1.165, 1.54) is 18.2 Å². The molecule has 11 nitrogen and oxygen atoms in total. The van der Waals surface area contributed by atoms with Gasteiger partial charge in [-0.3, -0.25) is 4.79 Å². The summed E-state index contributed by atoms with van der Waals surface area (Å²) >= 11 is 0.879. The van der Waals surface area contributed by atoms with E-state index in [4.69, 9.17) is 30.3 Å². The standard InChI is InChI=1S/C41H38N2O9S/c1-5-38(44)50-23-9-7-21-48-33-15-11-30(12-16-33)26-32(28-42)40(46)52-35-19-20-37(29(3)25-35)53-41(47)36(43-4)27-31-13-17-34(18-14-31)49-22-8-10-24-51-39(45)6-2/h5-6,11-20,25-27H,1-2,7-10,21-24H2,3H3/b32-26+,36-27-. The molecule has 0 unspecified atom stereocenters. The number of aryl methyl sites for hydroxylation is 1. The summed E-state index contributed by atoms with van der Waals surface area (Å²) in [5.41, 5.74) is 1.59. The molecule has 0 heterocycles. The summed E-state index contributed by atoms with van der Waals surface area (Å²) in [7, 11) is 0. The molecule has 0 radical (unpaired) electrons. The van der Waals surface area contributed by atoms with Crippen LogP contribution in [-0.2, 0) is 28.7 Å². The topological polar surface area (TPSA) is 143 Å². The molecule has 0 atom stereocenters. The molecule has 0 aliphatic rings. The van der Waals surface area contributed by atoms with E-state index in [-0.39, 0.29) is 23.6 Å². The summed E-state index contributed by atoms with van der Waals surface area (Å²) in [4.78, 5) is 52.0. The number of hydrogen-bond acceptors (Lipinski definition) is 11. The van der Waals surface area contributed by atoms with Crippen LogP contribution in [0.4, 0.5) is 0 Å². The number of ether oxygens (including phenoxy) is 5. The largest absolute Gasteiger partial charge is 0.494 e. The van der Waals surface area contributed by atoms with Gasteiger partial charge in [0.05, 0.1) is 33.0 Å². The summed E-state index contributed by atoms with van der Waals surface area (Å²) in [6, 6.07) is 20.4. The Morgan fingerprint density at radius 3 is 1.72 bits per heavy atom. The van der Waals surface area contributed by atoms with Crippen molar-refractivity contribution in [1.29, 1.82) is 5.26 Å². The Balaban J connectivity index is 1.51. The lowest BCUT2D eigenvalue weighted by atomic mass is 10.1. The number of nitriles is 1. The SMILES string of the molecule is [C-]#[N+]/C(=C\c1ccc(OCCCCOC(=O)C=C)cc1)C(=O)Sc1ccc(OC(=O)/C(C#N)=C/c2ccc(OCCCCOC(=O)C=C)cc2)cc1C. The predicted molar refractivity (Wildman–Crippen MR) is 201 cm³/mol. The van der Waals surface area contributed by atoms with Crippen LogP contribution in [0.2, 0.25) is 0 Å². The lowest BCUT2D eigenvalue weighted by Crippen LogP contribution is -2.10. The minimum Gasteiger partial charge on any atom is -0.494 e. The van der Waals surface area contributed by atoms with E-state index < -0.39 is 23.0 Å². The third-order valence-electron chi connectivity index (χ3n) is 7.04. The Morgan fingerprint density at radius 2 is 1.25 bits per heavy atom. The fourth-order valence-electron chi connectivity index (χ4n) is 4.28. The molecule has 0 amide bonds. The van der Waals surface area contributed by atoms with E-state index in [2.05, 4.69) is 18.0 Å². The minimum atomic E-state index is -0.845. The summed E-state index contributed by atoms with van der Waals surface area (Å²) in [6.07, 6.45) is 7.80. The second-order valence-corrected chi connectivity index (χ2v) is 12.0. The molecule has 0 aliphatic heterocycles. The van der Waals surface area contributed by atoms with Gasteiger partial charge in [-0.25, -0.2) is 19.2 Å². The molecule has 0 spiro atoms. The van der Waals surface area contributed by atoms with Crippen molar-refractivity contribution >= 4 is 46.9 Å². The van der Waals surface area contributed by atoms with Crippen LogP contribution in [0.3, 0.4) is 0 Å². The fraction of sp³-hybridized carbons (Fsp3) is 0.220. The fourth-order valence-corrected chi connectivity index (χ4v) is 5.05. The number of unbranched alkanes of at least 4 members (excludes halogenated alkanes) is 2. The van der Waals surface area contributed by atoms with Gasteiger partial charge in [-0.1, -0.05) is 49.2 Å². The van der Waals surface area contributed by atoms with Crippen LogP contribution in [0, 0.1) is 24.8 Å². The van der Waals surface area contributed by atoms with E-state index in [1.54, 1.807) is 67.6 Å². The van der Waals surface area contributed by atoms with Crippen molar-refractivity contribution in [3.63, 3.8) is 0 Å². The third-order valence-corrected chi connectivity index (χ3v) is 8.11. The van der Waals surface area contributed by atoms with Crippen LogP contribution in [-0.4, -0.2) is 49.5 Å². The van der Waals surface area contributed by atoms with Gasteiger partial charge >= 0.3 is 17.9 Å². The van der Waals surface area contributed by atoms with Gasteiger partial charge in [0.1, 0.15) is 28.9 Å². The Labute approximate surface area is 313 Å². The zero-order valence-electron chi connectivity index (χ0n) is 29.2.